The summed E-state index contributed by atoms with van der Waals surface area (Å²) < 4.78 is 0. The van der Waals surface area contributed by atoms with Crippen LogP contribution in [0, 0.1) is 5.92 Å². The van der Waals surface area contributed by atoms with E-state index in [9.17, 15) is 0 Å². The van der Waals surface area contributed by atoms with Crippen molar-refractivity contribution < 1.29 is 0 Å². The number of nitrogens with zero attached hydrogens (tertiary/aromatic N) is 1. The lowest BCUT2D eigenvalue weighted by Crippen LogP contribution is -2.30. The lowest BCUT2D eigenvalue weighted by atomic mass is 10.1. The van der Waals surface area contributed by atoms with E-state index in [2.05, 4.69) is 63.2 Å². The Kier molecular flexibility index (Phi) is 7.39. The van der Waals surface area contributed by atoms with Crippen molar-refractivity contribution in [2.75, 3.05) is 18.5 Å². The molecule has 1 N–H and O–H groups in total. The van der Waals surface area contributed by atoms with Gasteiger partial charge in [0.15, 0.2) is 0 Å². The first-order valence-electron chi connectivity index (χ1n) is 7.71. The normalized spacial score (nSPS) is 11.4. The molecule has 0 aliphatic heterocycles. The van der Waals surface area contributed by atoms with Gasteiger partial charge in [-0.05, 0) is 43.0 Å². The molecule has 1 aromatic rings. The topological polar surface area (TPSA) is 15.3 Å². The summed E-state index contributed by atoms with van der Waals surface area (Å²) in [7, 11) is 2.15. The van der Waals surface area contributed by atoms with Crippen LogP contribution in [-0.2, 0) is 6.54 Å². The molecule has 0 aromatic heterocycles. The standard InChI is InChI=1S/C17H29ClN2/c1-6-15(7-2)20(5)16-9-8-14(17(18)10-16)12-19-11-13(3)4/h8-10,13,15,19H,6-7,11-12H2,1-5H3. The maximum absolute atomic E-state index is 6.41. The van der Waals surface area contributed by atoms with Crippen molar-refractivity contribution in [3.05, 3.63) is 28.8 Å². The van der Waals surface area contributed by atoms with Crippen LogP contribution in [0.5, 0.6) is 0 Å². The molecule has 20 heavy (non-hydrogen) atoms. The molecule has 1 aromatic carbocycles. The molecule has 0 saturated carbocycles. The Hall–Kier alpha value is -0.730. The van der Waals surface area contributed by atoms with Gasteiger partial charge in [0, 0.05) is 30.3 Å². The summed E-state index contributed by atoms with van der Waals surface area (Å²) in [5.74, 6) is 0.661. The van der Waals surface area contributed by atoms with Gasteiger partial charge in [-0.1, -0.05) is 45.4 Å². The van der Waals surface area contributed by atoms with Crippen LogP contribution < -0.4 is 10.2 Å². The lowest BCUT2D eigenvalue weighted by Gasteiger charge is -2.28. The molecule has 0 atom stereocenters. The Morgan fingerprint density at radius 2 is 1.85 bits per heavy atom. The average molecular weight is 297 g/mol. The van der Waals surface area contributed by atoms with Gasteiger partial charge < -0.3 is 10.2 Å². The predicted molar refractivity (Wildman–Crippen MR) is 90.8 cm³/mol. The molecule has 0 heterocycles. The minimum absolute atomic E-state index is 0.580. The van der Waals surface area contributed by atoms with E-state index in [0.717, 1.165) is 31.0 Å². The third-order valence-electron chi connectivity index (χ3n) is 3.80. The van der Waals surface area contributed by atoms with E-state index in [-0.39, 0.29) is 0 Å². The van der Waals surface area contributed by atoms with Crippen molar-refractivity contribution in [1.29, 1.82) is 0 Å². The fourth-order valence-corrected chi connectivity index (χ4v) is 2.68. The highest BCUT2D eigenvalue weighted by Gasteiger charge is 2.12. The van der Waals surface area contributed by atoms with Gasteiger partial charge in [-0.15, -0.1) is 0 Å². The second-order valence-electron chi connectivity index (χ2n) is 5.88. The van der Waals surface area contributed by atoms with Gasteiger partial charge in [-0.2, -0.15) is 0 Å². The van der Waals surface area contributed by atoms with Gasteiger partial charge >= 0.3 is 0 Å². The van der Waals surface area contributed by atoms with Crippen LogP contribution in [0.2, 0.25) is 5.02 Å². The van der Waals surface area contributed by atoms with Crippen LogP contribution in [0.25, 0.3) is 0 Å². The van der Waals surface area contributed by atoms with Crippen molar-refractivity contribution in [2.24, 2.45) is 5.92 Å². The van der Waals surface area contributed by atoms with E-state index in [1.807, 2.05) is 0 Å². The Labute approximate surface area is 129 Å². The van der Waals surface area contributed by atoms with Crippen LogP contribution >= 0.6 is 11.6 Å². The summed E-state index contributed by atoms with van der Waals surface area (Å²) in [4.78, 5) is 2.33. The zero-order valence-electron chi connectivity index (χ0n) is 13.5. The minimum Gasteiger partial charge on any atom is -0.372 e. The Morgan fingerprint density at radius 3 is 2.35 bits per heavy atom. The van der Waals surface area contributed by atoms with Crippen molar-refractivity contribution in [2.45, 2.75) is 53.1 Å². The summed E-state index contributed by atoms with van der Waals surface area (Å²) in [5, 5.41) is 4.30. The van der Waals surface area contributed by atoms with Gasteiger partial charge in [0.05, 0.1) is 0 Å². The number of rotatable bonds is 8. The first-order chi connectivity index (χ1) is 9.49. The highest BCUT2D eigenvalue weighted by molar-refractivity contribution is 6.31. The van der Waals surface area contributed by atoms with Crippen molar-refractivity contribution >= 4 is 17.3 Å². The number of halogens is 1. The van der Waals surface area contributed by atoms with Gasteiger partial charge in [-0.3, -0.25) is 0 Å². The fourth-order valence-electron chi connectivity index (χ4n) is 2.44. The molecule has 0 amide bonds. The van der Waals surface area contributed by atoms with E-state index in [1.54, 1.807) is 0 Å². The molecule has 0 radical (unpaired) electrons. The lowest BCUT2D eigenvalue weighted by molar-refractivity contribution is 0.552. The Bertz CT molecular complexity index is 400. The molecule has 0 saturated heterocycles. The van der Waals surface area contributed by atoms with E-state index in [4.69, 9.17) is 11.6 Å². The number of anilines is 1. The summed E-state index contributed by atoms with van der Waals surface area (Å²) in [6.07, 6.45) is 2.31. The zero-order valence-corrected chi connectivity index (χ0v) is 14.3. The largest absolute Gasteiger partial charge is 0.372 e. The fraction of sp³-hybridized carbons (Fsp3) is 0.647. The van der Waals surface area contributed by atoms with Crippen LogP contribution in [0.4, 0.5) is 5.69 Å². The van der Waals surface area contributed by atoms with Crippen LogP contribution in [0.15, 0.2) is 18.2 Å². The number of hydrogen-bond acceptors (Lipinski definition) is 2. The molecule has 2 nitrogen and oxygen atoms in total. The molecule has 0 spiro atoms. The van der Waals surface area contributed by atoms with Gasteiger partial charge in [0.25, 0.3) is 0 Å². The third-order valence-corrected chi connectivity index (χ3v) is 4.15. The van der Waals surface area contributed by atoms with Crippen molar-refractivity contribution in [3.63, 3.8) is 0 Å². The Morgan fingerprint density at radius 1 is 1.20 bits per heavy atom. The predicted octanol–water partition coefficient (Wildman–Crippen LogP) is 4.71. The SMILES string of the molecule is CCC(CC)N(C)c1ccc(CNCC(C)C)c(Cl)c1. The van der Waals surface area contributed by atoms with E-state index >= 15 is 0 Å². The highest BCUT2D eigenvalue weighted by Crippen LogP contribution is 2.25. The molecular formula is C17H29ClN2. The summed E-state index contributed by atoms with van der Waals surface area (Å²) in [6, 6.07) is 6.99. The van der Waals surface area contributed by atoms with E-state index in [0.29, 0.717) is 12.0 Å². The van der Waals surface area contributed by atoms with Crippen LogP contribution in [0.1, 0.15) is 46.1 Å². The van der Waals surface area contributed by atoms with Gasteiger partial charge in [0.2, 0.25) is 0 Å². The summed E-state index contributed by atoms with van der Waals surface area (Å²) >= 11 is 6.41. The van der Waals surface area contributed by atoms with Crippen molar-refractivity contribution in [1.82, 2.24) is 5.32 Å². The maximum Gasteiger partial charge on any atom is 0.0471 e. The van der Waals surface area contributed by atoms with Crippen LogP contribution in [-0.4, -0.2) is 19.6 Å². The molecule has 0 unspecified atom stereocenters. The number of hydrogen-bond donors (Lipinski definition) is 1. The maximum atomic E-state index is 6.41. The van der Waals surface area contributed by atoms with Gasteiger partial charge in [-0.25, -0.2) is 0 Å². The average Bonchev–Trinajstić information content (AvgIpc) is 2.41. The summed E-state index contributed by atoms with van der Waals surface area (Å²) in [5.41, 5.74) is 2.38. The highest BCUT2D eigenvalue weighted by atomic mass is 35.5. The summed E-state index contributed by atoms with van der Waals surface area (Å²) in [6.45, 7) is 10.7. The first-order valence-corrected chi connectivity index (χ1v) is 8.09. The van der Waals surface area contributed by atoms with E-state index in [1.165, 1.54) is 11.3 Å². The van der Waals surface area contributed by atoms with Crippen molar-refractivity contribution in [3.8, 4) is 0 Å². The van der Waals surface area contributed by atoms with Crippen LogP contribution in [0.3, 0.4) is 0 Å². The first kappa shape index (κ1) is 17.3. The quantitative estimate of drug-likeness (QED) is 0.747. The minimum atomic E-state index is 0.580. The second-order valence-corrected chi connectivity index (χ2v) is 6.29. The second kappa shape index (κ2) is 8.53. The molecule has 3 heteroatoms. The molecule has 0 aliphatic rings. The van der Waals surface area contributed by atoms with E-state index < -0.39 is 0 Å². The molecule has 0 fully saturated rings. The molecular weight excluding hydrogens is 268 g/mol. The molecule has 0 aliphatic carbocycles. The third kappa shape index (κ3) is 4.99. The van der Waals surface area contributed by atoms with Gasteiger partial charge in [0.1, 0.15) is 0 Å². The smallest absolute Gasteiger partial charge is 0.0471 e. The molecule has 1 rings (SSSR count). The molecule has 0 bridgehead atoms. The number of benzene rings is 1. The molecule has 114 valence electrons. The zero-order chi connectivity index (χ0) is 15.1. The Balaban J connectivity index is 2.72. The number of nitrogens with one attached hydrogen (secondary N) is 1. The monoisotopic (exact) mass is 296 g/mol.